The van der Waals surface area contributed by atoms with Crippen LogP contribution in [0.1, 0.15) is 28.9 Å². The van der Waals surface area contributed by atoms with Crippen molar-refractivity contribution >= 4 is 52.0 Å². The highest BCUT2D eigenvalue weighted by Crippen LogP contribution is 2.27. The van der Waals surface area contributed by atoms with Gasteiger partial charge in [0.25, 0.3) is 11.8 Å². The molecule has 11 heteroatoms. The lowest BCUT2D eigenvalue weighted by Crippen LogP contribution is -2.54. The van der Waals surface area contributed by atoms with Crippen LogP contribution in [0.2, 0.25) is 4.34 Å². The summed E-state index contributed by atoms with van der Waals surface area (Å²) in [5.41, 5.74) is 0.423. The Kier molecular flexibility index (Phi) is 7.82. The van der Waals surface area contributed by atoms with Crippen molar-refractivity contribution in [2.24, 2.45) is 0 Å². The van der Waals surface area contributed by atoms with E-state index in [1.54, 1.807) is 18.2 Å². The molecule has 3 amide bonds. The van der Waals surface area contributed by atoms with Gasteiger partial charge in [0.1, 0.15) is 18.5 Å². The zero-order valence-electron chi connectivity index (χ0n) is 18.7. The Balaban J connectivity index is 1.44. The molecule has 4 rings (SSSR count). The lowest BCUT2D eigenvalue weighted by Gasteiger charge is -2.39. The molecule has 2 aromatic rings. The number of nitrogens with one attached hydrogen (secondary N) is 2. The molecule has 0 spiro atoms. The number of carbonyl (C=O) groups excluding carboxylic acids is 3. The first kappa shape index (κ1) is 24.6. The topological polar surface area (TPSA) is 91.0 Å². The molecule has 8 nitrogen and oxygen atoms in total. The van der Waals surface area contributed by atoms with Crippen LogP contribution in [0, 0.1) is 5.82 Å². The van der Waals surface area contributed by atoms with Gasteiger partial charge in [-0.15, -0.1) is 11.3 Å². The van der Waals surface area contributed by atoms with Crippen molar-refractivity contribution in [3.8, 4) is 0 Å². The van der Waals surface area contributed by atoms with Crippen molar-refractivity contribution in [1.29, 1.82) is 0 Å². The first-order chi connectivity index (χ1) is 16.3. The average molecular weight is 509 g/mol. The van der Waals surface area contributed by atoms with Crippen LogP contribution in [0.4, 0.5) is 15.8 Å². The van der Waals surface area contributed by atoms with Gasteiger partial charge in [-0.1, -0.05) is 18.0 Å². The fourth-order valence-corrected chi connectivity index (χ4v) is 4.94. The maximum Gasteiger partial charge on any atom is 0.261 e. The summed E-state index contributed by atoms with van der Waals surface area (Å²) in [5, 5.41) is 5.57. The van der Waals surface area contributed by atoms with Gasteiger partial charge in [0.2, 0.25) is 5.91 Å². The number of likely N-dealkylation sites (N-methyl/N-ethyl adjacent to an activating group) is 1. The predicted molar refractivity (Wildman–Crippen MR) is 129 cm³/mol. The highest BCUT2D eigenvalue weighted by molar-refractivity contribution is 7.18. The van der Waals surface area contributed by atoms with Crippen molar-refractivity contribution in [3.63, 3.8) is 0 Å². The van der Waals surface area contributed by atoms with Crippen LogP contribution in [0.25, 0.3) is 0 Å². The summed E-state index contributed by atoms with van der Waals surface area (Å²) in [6.07, 6.45) is 3.05. The minimum atomic E-state index is -0.645. The van der Waals surface area contributed by atoms with Crippen LogP contribution < -0.4 is 15.5 Å². The van der Waals surface area contributed by atoms with Crippen molar-refractivity contribution in [2.75, 3.05) is 43.6 Å². The van der Waals surface area contributed by atoms with E-state index in [0.29, 0.717) is 15.8 Å². The van der Waals surface area contributed by atoms with Crippen LogP contribution in [0.3, 0.4) is 0 Å². The molecule has 1 atom stereocenters. The number of amides is 3. The van der Waals surface area contributed by atoms with Crippen molar-refractivity contribution in [2.45, 2.75) is 31.3 Å². The Labute approximate surface area is 206 Å². The number of hydrogen-bond acceptors (Lipinski definition) is 6. The zero-order valence-corrected chi connectivity index (χ0v) is 20.3. The van der Waals surface area contributed by atoms with Gasteiger partial charge in [-0.05, 0) is 50.2 Å². The fourth-order valence-electron chi connectivity index (χ4n) is 3.98. The molecule has 0 radical (unpaired) electrons. The van der Waals surface area contributed by atoms with Crippen LogP contribution in [0.15, 0.2) is 30.3 Å². The second kappa shape index (κ2) is 10.8. The van der Waals surface area contributed by atoms with Gasteiger partial charge in [-0.2, -0.15) is 0 Å². The highest BCUT2D eigenvalue weighted by Gasteiger charge is 2.32. The van der Waals surface area contributed by atoms with E-state index in [0.717, 1.165) is 19.3 Å². The fraction of sp³-hybridized carbons (Fsp3) is 0.435. The van der Waals surface area contributed by atoms with Gasteiger partial charge >= 0.3 is 0 Å². The summed E-state index contributed by atoms with van der Waals surface area (Å²) in [5.74, 6) is -1.58. The molecule has 1 saturated heterocycles. The van der Waals surface area contributed by atoms with Crippen LogP contribution in [0.5, 0.6) is 0 Å². The molecule has 34 heavy (non-hydrogen) atoms. The lowest BCUT2D eigenvalue weighted by atomic mass is 9.90. The Bertz CT molecular complexity index is 1080. The molecule has 1 aromatic heterocycles. The third kappa shape index (κ3) is 5.57. The van der Waals surface area contributed by atoms with E-state index in [4.69, 9.17) is 16.3 Å². The zero-order chi connectivity index (χ0) is 24.2. The van der Waals surface area contributed by atoms with Gasteiger partial charge in [-0.25, -0.2) is 4.39 Å². The van der Waals surface area contributed by atoms with E-state index in [-0.39, 0.29) is 54.8 Å². The average Bonchev–Trinajstić information content (AvgIpc) is 3.20. The molecule has 0 bridgehead atoms. The number of benzene rings is 1. The summed E-state index contributed by atoms with van der Waals surface area (Å²) in [6, 6.07) is 7.11. The molecule has 2 aliphatic rings. The Morgan fingerprint density at radius 3 is 2.74 bits per heavy atom. The molecule has 0 unspecified atom stereocenters. The molecular weight excluding hydrogens is 483 g/mol. The normalized spacial score (nSPS) is 17.4. The Hall–Kier alpha value is -2.53. The molecule has 1 aliphatic heterocycles. The summed E-state index contributed by atoms with van der Waals surface area (Å²) in [4.78, 5) is 41.4. The van der Waals surface area contributed by atoms with E-state index >= 15 is 0 Å². The van der Waals surface area contributed by atoms with Crippen LogP contribution in [-0.4, -0.2) is 68.1 Å². The molecule has 2 heterocycles. The Morgan fingerprint density at radius 1 is 1.32 bits per heavy atom. The minimum Gasteiger partial charge on any atom is -0.370 e. The standard InChI is InChI=1S/C23H26ClFN4O4S/c1-28(15-3-2-4-15)18(12-26-23(32)19-7-8-20(24)34-19)22(31)27-14-5-6-17(16(25)11-14)29-9-10-33-13-21(29)30/h5-8,11,15,18H,2-4,9-10,12-13H2,1H3,(H,26,32)(H,27,31)/t18-/m1/s1. The van der Waals surface area contributed by atoms with Crippen LogP contribution in [-0.2, 0) is 14.3 Å². The molecule has 2 fully saturated rings. The van der Waals surface area contributed by atoms with E-state index < -0.39 is 11.9 Å². The van der Waals surface area contributed by atoms with E-state index in [2.05, 4.69) is 10.6 Å². The number of carbonyl (C=O) groups is 3. The number of hydrogen-bond donors (Lipinski definition) is 2. The molecular formula is C23H26ClFN4O4S. The van der Waals surface area contributed by atoms with Gasteiger partial charge in [0, 0.05) is 24.8 Å². The maximum atomic E-state index is 14.8. The molecule has 1 aromatic carbocycles. The number of morpholine rings is 1. The van der Waals surface area contributed by atoms with Gasteiger partial charge in [0.05, 0.1) is 21.5 Å². The number of anilines is 2. The molecule has 1 aliphatic carbocycles. The van der Waals surface area contributed by atoms with E-state index in [9.17, 15) is 18.8 Å². The van der Waals surface area contributed by atoms with Gasteiger partial charge in [0.15, 0.2) is 0 Å². The minimum absolute atomic E-state index is 0.0868. The third-order valence-electron chi connectivity index (χ3n) is 6.19. The lowest BCUT2D eigenvalue weighted by molar-refractivity contribution is -0.125. The third-order valence-corrected chi connectivity index (χ3v) is 7.42. The summed E-state index contributed by atoms with van der Waals surface area (Å²) >= 11 is 7.08. The van der Waals surface area contributed by atoms with Crippen molar-refractivity contribution in [1.82, 2.24) is 10.2 Å². The van der Waals surface area contributed by atoms with E-state index in [1.807, 2.05) is 11.9 Å². The van der Waals surface area contributed by atoms with E-state index in [1.165, 1.54) is 28.4 Å². The Morgan fingerprint density at radius 2 is 2.12 bits per heavy atom. The second-order valence-electron chi connectivity index (χ2n) is 8.33. The van der Waals surface area contributed by atoms with Gasteiger partial charge < -0.3 is 20.3 Å². The quantitative estimate of drug-likeness (QED) is 0.571. The second-order valence-corrected chi connectivity index (χ2v) is 10.0. The summed E-state index contributed by atoms with van der Waals surface area (Å²) in [6.45, 7) is 0.611. The maximum absolute atomic E-state index is 14.8. The number of rotatable bonds is 8. The predicted octanol–water partition coefficient (Wildman–Crippen LogP) is 3.13. The molecule has 2 N–H and O–H groups in total. The smallest absolute Gasteiger partial charge is 0.261 e. The number of thiophene rings is 1. The number of ether oxygens (including phenoxy) is 1. The van der Waals surface area contributed by atoms with Crippen molar-refractivity contribution < 1.29 is 23.5 Å². The van der Waals surface area contributed by atoms with Gasteiger partial charge in [-0.3, -0.25) is 19.3 Å². The van der Waals surface area contributed by atoms with Crippen LogP contribution >= 0.6 is 22.9 Å². The number of halogens is 2. The van der Waals surface area contributed by atoms with Crippen molar-refractivity contribution in [3.05, 3.63) is 45.4 Å². The monoisotopic (exact) mass is 508 g/mol. The first-order valence-corrected chi connectivity index (χ1v) is 12.3. The first-order valence-electron chi connectivity index (χ1n) is 11.1. The molecule has 182 valence electrons. The summed E-state index contributed by atoms with van der Waals surface area (Å²) < 4.78 is 20.4. The number of nitrogens with zero attached hydrogens (tertiary/aromatic N) is 2. The highest BCUT2D eigenvalue weighted by atomic mass is 35.5. The summed E-state index contributed by atoms with van der Waals surface area (Å²) in [7, 11) is 1.86. The molecule has 1 saturated carbocycles. The largest absolute Gasteiger partial charge is 0.370 e. The SMILES string of the molecule is CN(C1CCC1)[C@H](CNC(=O)c1ccc(Cl)s1)C(=O)Nc1ccc(N2CCOCC2=O)c(F)c1.